The predicted octanol–water partition coefficient (Wildman–Crippen LogP) is 5.83. The molecule has 0 aliphatic rings. The van der Waals surface area contributed by atoms with E-state index in [0.29, 0.717) is 29.5 Å². The summed E-state index contributed by atoms with van der Waals surface area (Å²) in [5.74, 6) is 1.72. The summed E-state index contributed by atoms with van der Waals surface area (Å²) in [5.41, 5.74) is 6.26. The number of para-hydroxylation sites is 1. The van der Waals surface area contributed by atoms with E-state index in [4.69, 9.17) is 9.47 Å². The summed E-state index contributed by atoms with van der Waals surface area (Å²) in [4.78, 5) is 7.82. The summed E-state index contributed by atoms with van der Waals surface area (Å²) < 4.78 is 11.7. The van der Waals surface area contributed by atoms with Crippen LogP contribution in [0.15, 0.2) is 60.7 Å². The Balaban J connectivity index is 1.71. The first kappa shape index (κ1) is 20.2. The van der Waals surface area contributed by atoms with Gasteiger partial charge in [-0.2, -0.15) is 5.26 Å². The molecule has 0 unspecified atom stereocenters. The molecule has 0 atom stereocenters. The maximum Gasteiger partial charge on any atom is 0.168 e. The second kappa shape index (κ2) is 8.76. The average molecular weight is 409 g/mol. The molecule has 1 aromatic heterocycles. The highest BCUT2D eigenvalue weighted by atomic mass is 16.5. The number of imidazole rings is 1. The lowest BCUT2D eigenvalue weighted by Gasteiger charge is -2.14. The highest BCUT2D eigenvalue weighted by Crippen LogP contribution is 2.34. The van der Waals surface area contributed by atoms with Crippen LogP contribution in [0.3, 0.4) is 0 Å². The number of allylic oxidation sites excluding steroid dienone is 1. The van der Waals surface area contributed by atoms with Crippen LogP contribution in [0.2, 0.25) is 0 Å². The van der Waals surface area contributed by atoms with Crippen molar-refractivity contribution in [2.45, 2.75) is 20.5 Å². The Morgan fingerprint density at radius 2 is 1.87 bits per heavy atom. The fraction of sp³-hybridized carbons (Fsp3) is 0.154. The van der Waals surface area contributed by atoms with E-state index in [-0.39, 0.29) is 0 Å². The number of methoxy groups -OCH3 is 1. The summed E-state index contributed by atoms with van der Waals surface area (Å²) in [5, 5.41) is 9.83. The van der Waals surface area contributed by atoms with Crippen molar-refractivity contribution < 1.29 is 9.47 Å². The van der Waals surface area contributed by atoms with Crippen molar-refractivity contribution in [1.29, 1.82) is 5.26 Å². The number of nitrogens with zero attached hydrogens (tertiary/aromatic N) is 2. The van der Waals surface area contributed by atoms with Crippen LogP contribution in [0.1, 0.15) is 28.1 Å². The molecule has 0 saturated heterocycles. The largest absolute Gasteiger partial charge is 0.493 e. The molecule has 3 aromatic carbocycles. The van der Waals surface area contributed by atoms with Crippen molar-refractivity contribution in [3.8, 4) is 17.6 Å². The Kier molecular flexibility index (Phi) is 5.72. The van der Waals surface area contributed by atoms with Gasteiger partial charge in [0.15, 0.2) is 11.5 Å². The lowest BCUT2D eigenvalue weighted by atomic mass is 10.1. The zero-order chi connectivity index (χ0) is 21.8. The Morgan fingerprint density at radius 3 is 2.65 bits per heavy atom. The second-order valence-electron chi connectivity index (χ2n) is 7.43. The number of nitrogens with one attached hydrogen (secondary N) is 1. The number of benzene rings is 3. The van der Waals surface area contributed by atoms with Gasteiger partial charge in [0, 0.05) is 5.56 Å². The molecule has 0 bridgehead atoms. The van der Waals surface area contributed by atoms with Gasteiger partial charge in [0.2, 0.25) is 0 Å². The van der Waals surface area contributed by atoms with Crippen molar-refractivity contribution in [3.63, 3.8) is 0 Å². The van der Waals surface area contributed by atoms with Gasteiger partial charge in [0.1, 0.15) is 18.5 Å². The number of aryl methyl sites for hydroxylation is 2. The molecule has 0 spiro atoms. The van der Waals surface area contributed by atoms with Crippen LogP contribution < -0.4 is 9.47 Å². The minimum Gasteiger partial charge on any atom is -0.493 e. The predicted molar refractivity (Wildman–Crippen MR) is 123 cm³/mol. The molecule has 0 amide bonds. The lowest BCUT2D eigenvalue weighted by molar-refractivity contribution is 0.284. The van der Waals surface area contributed by atoms with Crippen LogP contribution in [0, 0.1) is 25.2 Å². The maximum absolute atomic E-state index is 9.83. The van der Waals surface area contributed by atoms with E-state index in [9.17, 15) is 5.26 Å². The smallest absolute Gasteiger partial charge is 0.168 e. The summed E-state index contributed by atoms with van der Waals surface area (Å²) in [6.07, 6.45) is 1.78. The fourth-order valence-corrected chi connectivity index (χ4v) is 3.48. The topological polar surface area (TPSA) is 70.9 Å². The quantitative estimate of drug-likeness (QED) is 0.407. The van der Waals surface area contributed by atoms with Gasteiger partial charge in [0.25, 0.3) is 0 Å². The molecule has 4 aromatic rings. The van der Waals surface area contributed by atoms with Crippen LogP contribution in [0.4, 0.5) is 0 Å². The van der Waals surface area contributed by atoms with Crippen molar-refractivity contribution >= 4 is 22.7 Å². The van der Waals surface area contributed by atoms with Crippen LogP contribution in [0.5, 0.6) is 11.5 Å². The number of rotatable bonds is 6. The van der Waals surface area contributed by atoms with E-state index in [0.717, 1.165) is 27.7 Å². The molecule has 31 heavy (non-hydrogen) atoms. The van der Waals surface area contributed by atoms with Crippen molar-refractivity contribution in [3.05, 3.63) is 88.7 Å². The molecule has 0 aliphatic carbocycles. The third kappa shape index (κ3) is 4.44. The standard InChI is InChI=1S/C26H23N3O2/c1-17-6-4-7-19(12-17)16-31-25-20(8-5-9-24(25)30-3)14-21(15-27)26-28-22-11-10-18(2)13-23(22)29-26/h4-14H,16H2,1-3H3,(H,28,29)/b21-14-. The summed E-state index contributed by atoms with van der Waals surface area (Å²) in [7, 11) is 1.61. The molecule has 1 N–H and O–H groups in total. The normalized spacial score (nSPS) is 11.4. The number of ether oxygens (including phenoxy) is 2. The summed E-state index contributed by atoms with van der Waals surface area (Å²) in [6.45, 7) is 4.47. The van der Waals surface area contributed by atoms with E-state index >= 15 is 0 Å². The summed E-state index contributed by atoms with van der Waals surface area (Å²) >= 11 is 0. The monoisotopic (exact) mass is 409 g/mol. The van der Waals surface area contributed by atoms with E-state index in [1.807, 2.05) is 55.5 Å². The maximum atomic E-state index is 9.83. The van der Waals surface area contributed by atoms with Crippen LogP contribution >= 0.6 is 0 Å². The highest BCUT2D eigenvalue weighted by Gasteiger charge is 2.13. The Hall–Kier alpha value is -4.04. The number of H-pyrrole nitrogens is 1. The van der Waals surface area contributed by atoms with Crippen LogP contribution in [-0.4, -0.2) is 17.1 Å². The van der Waals surface area contributed by atoms with Crippen molar-refractivity contribution in [2.75, 3.05) is 7.11 Å². The first-order chi connectivity index (χ1) is 15.1. The number of fused-ring (bicyclic) bond motifs is 1. The minimum absolute atomic E-state index is 0.398. The van der Waals surface area contributed by atoms with E-state index in [1.54, 1.807) is 13.2 Å². The molecule has 5 heteroatoms. The van der Waals surface area contributed by atoms with E-state index in [1.165, 1.54) is 5.56 Å². The first-order valence-corrected chi connectivity index (χ1v) is 10.0. The van der Waals surface area contributed by atoms with Gasteiger partial charge in [0.05, 0.1) is 23.7 Å². The van der Waals surface area contributed by atoms with Gasteiger partial charge >= 0.3 is 0 Å². The average Bonchev–Trinajstić information content (AvgIpc) is 3.19. The number of aromatic nitrogens is 2. The van der Waals surface area contributed by atoms with Gasteiger partial charge in [-0.1, -0.05) is 48.0 Å². The van der Waals surface area contributed by atoms with E-state index in [2.05, 4.69) is 35.1 Å². The van der Waals surface area contributed by atoms with Gasteiger partial charge in [-0.15, -0.1) is 0 Å². The molecular weight excluding hydrogens is 386 g/mol. The van der Waals surface area contributed by atoms with E-state index < -0.39 is 0 Å². The molecule has 0 fully saturated rings. The molecule has 5 nitrogen and oxygen atoms in total. The van der Waals surface area contributed by atoms with Gasteiger partial charge < -0.3 is 14.5 Å². The molecule has 0 radical (unpaired) electrons. The number of hydrogen-bond donors (Lipinski definition) is 1. The Bertz CT molecular complexity index is 1310. The van der Waals surface area contributed by atoms with Crippen molar-refractivity contribution in [2.24, 2.45) is 0 Å². The molecule has 0 aliphatic heterocycles. The van der Waals surface area contributed by atoms with Gasteiger partial charge in [-0.05, 0) is 49.2 Å². The van der Waals surface area contributed by atoms with Gasteiger partial charge in [-0.25, -0.2) is 4.98 Å². The zero-order valence-electron chi connectivity index (χ0n) is 17.8. The second-order valence-corrected chi connectivity index (χ2v) is 7.43. The first-order valence-electron chi connectivity index (χ1n) is 10.0. The highest BCUT2D eigenvalue weighted by molar-refractivity contribution is 5.91. The number of aromatic amines is 1. The van der Waals surface area contributed by atoms with Gasteiger partial charge in [-0.3, -0.25) is 0 Å². The zero-order valence-corrected chi connectivity index (χ0v) is 17.8. The molecule has 0 saturated carbocycles. The molecule has 154 valence electrons. The molecule has 4 rings (SSSR count). The molecular formula is C26H23N3O2. The summed E-state index contributed by atoms with van der Waals surface area (Å²) in [6, 6.07) is 22.0. The number of hydrogen-bond acceptors (Lipinski definition) is 4. The third-order valence-corrected chi connectivity index (χ3v) is 5.01. The third-order valence-electron chi connectivity index (χ3n) is 5.01. The van der Waals surface area contributed by atoms with Crippen LogP contribution in [-0.2, 0) is 6.61 Å². The Labute approximate surface area is 181 Å². The molecule has 1 heterocycles. The van der Waals surface area contributed by atoms with Crippen molar-refractivity contribution in [1.82, 2.24) is 9.97 Å². The minimum atomic E-state index is 0.398. The Morgan fingerprint density at radius 1 is 1.06 bits per heavy atom. The number of nitriles is 1. The lowest BCUT2D eigenvalue weighted by Crippen LogP contribution is -2.00. The SMILES string of the molecule is COc1cccc(/C=C(/C#N)c2nc3ccc(C)cc3[nH]2)c1OCc1cccc(C)c1. The van der Waals surface area contributed by atoms with Crippen LogP contribution in [0.25, 0.3) is 22.7 Å². The fourth-order valence-electron chi connectivity index (χ4n) is 3.48.